The van der Waals surface area contributed by atoms with E-state index in [9.17, 15) is 8.42 Å². The van der Waals surface area contributed by atoms with Crippen molar-refractivity contribution < 1.29 is 8.42 Å². The van der Waals surface area contributed by atoms with Gasteiger partial charge in [0.1, 0.15) is 13.7 Å². The molecular weight excluding hydrogens is 481 g/mol. The van der Waals surface area contributed by atoms with Crippen LogP contribution in [0.3, 0.4) is 0 Å². The Labute approximate surface area is 211 Å². The van der Waals surface area contributed by atoms with Gasteiger partial charge in [-0.1, -0.05) is 41.9 Å². The highest BCUT2D eigenvalue weighted by molar-refractivity contribution is 7.89. The number of hydrogen-bond acceptors (Lipinski definition) is 5. The van der Waals surface area contributed by atoms with Crippen LogP contribution in [0.5, 0.6) is 0 Å². The van der Waals surface area contributed by atoms with Crippen molar-refractivity contribution in [1.29, 1.82) is 0 Å². The first-order chi connectivity index (χ1) is 16.8. The summed E-state index contributed by atoms with van der Waals surface area (Å²) in [5.41, 5.74) is 3.42. The summed E-state index contributed by atoms with van der Waals surface area (Å²) in [6, 6.07) is 16.5. The lowest BCUT2D eigenvalue weighted by Crippen LogP contribution is -2.41. The maximum Gasteiger partial charge on any atom is 0.243 e. The quantitative estimate of drug-likeness (QED) is 0.405. The molecule has 1 unspecified atom stereocenters. The van der Waals surface area contributed by atoms with Gasteiger partial charge >= 0.3 is 0 Å². The van der Waals surface area contributed by atoms with E-state index in [0.29, 0.717) is 46.4 Å². The first kappa shape index (κ1) is 23.8. The zero-order valence-corrected chi connectivity index (χ0v) is 20.9. The van der Waals surface area contributed by atoms with Gasteiger partial charge in [0, 0.05) is 42.5 Å². The zero-order chi connectivity index (χ0) is 24.6. The Kier molecular flexibility index (Phi) is 6.57. The van der Waals surface area contributed by atoms with Gasteiger partial charge in [0.15, 0.2) is 5.65 Å². The molecule has 1 fully saturated rings. The summed E-state index contributed by atoms with van der Waals surface area (Å²) in [6.45, 7) is 3.46. The monoisotopic (exact) mass is 505 g/mol. The fourth-order valence-electron chi connectivity index (χ4n) is 4.50. The van der Waals surface area contributed by atoms with Crippen molar-refractivity contribution in [3.8, 4) is 11.3 Å². The third kappa shape index (κ3) is 4.81. The third-order valence-corrected chi connectivity index (χ3v) is 8.52. The minimum absolute atomic E-state index is 0.142. The molecule has 0 amide bonds. The number of piperidine rings is 1. The van der Waals surface area contributed by atoms with Crippen LogP contribution >= 0.6 is 11.6 Å². The number of halogens is 1. The Morgan fingerprint density at radius 1 is 1.17 bits per heavy atom. The van der Waals surface area contributed by atoms with E-state index in [4.69, 9.17) is 19.4 Å². The molecule has 0 spiro atoms. The van der Waals surface area contributed by atoms with Gasteiger partial charge < -0.3 is 5.32 Å². The lowest BCUT2D eigenvalue weighted by molar-refractivity contribution is 0.275. The number of hydrogen-bond donors (Lipinski definition) is 1. The lowest BCUT2D eigenvalue weighted by atomic mass is 9.99. The maximum atomic E-state index is 13.2. The number of aryl methyl sites for hydroxylation is 1. The minimum Gasteiger partial charge on any atom is -0.370 e. The molecule has 10 heteroatoms. The number of aromatic nitrogens is 3. The van der Waals surface area contributed by atoms with E-state index >= 15 is 0 Å². The van der Waals surface area contributed by atoms with Crippen LogP contribution in [-0.2, 0) is 10.0 Å². The summed E-state index contributed by atoms with van der Waals surface area (Å²) in [7, 11) is 2.59. The van der Waals surface area contributed by atoms with Crippen LogP contribution in [-0.4, -0.2) is 54.8 Å². The molecule has 1 N–H and O–H groups in total. The summed E-state index contributed by atoms with van der Waals surface area (Å²) in [5.74, 6) is 0.864. The number of rotatable bonds is 6. The minimum atomic E-state index is -3.53. The lowest BCUT2D eigenvalue weighted by Gasteiger charge is -2.32. The number of anilines is 1. The Morgan fingerprint density at radius 2 is 2.00 bits per heavy atom. The molecule has 4 aromatic rings. The Morgan fingerprint density at radius 3 is 2.80 bits per heavy atom. The van der Waals surface area contributed by atoms with Crippen molar-refractivity contribution in [1.82, 2.24) is 18.9 Å². The van der Waals surface area contributed by atoms with Crippen LogP contribution in [0.1, 0.15) is 18.4 Å². The molecule has 35 heavy (non-hydrogen) atoms. The fourth-order valence-corrected chi connectivity index (χ4v) is 6.39. The van der Waals surface area contributed by atoms with Gasteiger partial charge in [-0.15, -0.1) is 0 Å². The smallest absolute Gasteiger partial charge is 0.243 e. The highest BCUT2D eigenvalue weighted by atomic mass is 35.5. The topological polar surface area (TPSA) is 79.6 Å². The number of nitrogens with zero attached hydrogens (tertiary/aromatic N) is 4. The van der Waals surface area contributed by atoms with Crippen LogP contribution in [0.15, 0.2) is 65.7 Å². The second-order valence-electron chi connectivity index (χ2n) is 8.91. The van der Waals surface area contributed by atoms with Crippen molar-refractivity contribution in [3.05, 3.63) is 71.4 Å². The average molecular weight is 506 g/mol. The normalized spacial score (nSPS) is 17.0. The highest BCUT2D eigenvalue weighted by Crippen LogP contribution is 2.29. The SMILES string of the molecule is [B]c1cnn2c(NCC3CCCN(S(=O)(=O)c4cccc(C)c4)C3)cc(-c3ccccc3Cl)nc12. The molecule has 1 atom stereocenters. The molecule has 2 aromatic heterocycles. The number of sulfonamides is 1. The van der Waals surface area contributed by atoms with Crippen LogP contribution in [0.25, 0.3) is 16.9 Å². The molecule has 0 bridgehead atoms. The summed E-state index contributed by atoms with van der Waals surface area (Å²) >= 11 is 6.42. The predicted octanol–water partition coefficient (Wildman–Crippen LogP) is 3.66. The van der Waals surface area contributed by atoms with Crippen LogP contribution in [0.2, 0.25) is 5.02 Å². The van der Waals surface area contributed by atoms with Gasteiger partial charge in [-0.3, -0.25) is 0 Å². The van der Waals surface area contributed by atoms with E-state index in [0.717, 1.165) is 29.8 Å². The van der Waals surface area contributed by atoms with E-state index in [1.807, 2.05) is 43.3 Å². The largest absolute Gasteiger partial charge is 0.370 e. The van der Waals surface area contributed by atoms with Crippen molar-refractivity contribution in [2.24, 2.45) is 5.92 Å². The molecular formula is C25H25BClN5O2S. The molecule has 1 saturated heterocycles. The number of fused-ring (bicyclic) bond motifs is 1. The Hall–Kier alpha value is -2.88. The maximum absolute atomic E-state index is 13.2. The van der Waals surface area contributed by atoms with Gasteiger partial charge in [-0.05, 0) is 54.9 Å². The Bertz CT molecular complexity index is 1490. The molecule has 0 aliphatic carbocycles. The van der Waals surface area contributed by atoms with Gasteiger partial charge in [0.2, 0.25) is 10.0 Å². The third-order valence-electron chi connectivity index (χ3n) is 6.33. The number of nitrogens with one attached hydrogen (secondary N) is 1. The summed E-state index contributed by atoms with van der Waals surface area (Å²) in [6.07, 6.45) is 3.31. The van der Waals surface area contributed by atoms with Gasteiger partial charge in [-0.25, -0.2) is 13.4 Å². The van der Waals surface area contributed by atoms with E-state index in [-0.39, 0.29) is 5.92 Å². The highest BCUT2D eigenvalue weighted by Gasteiger charge is 2.30. The summed E-state index contributed by atoms with van der Waals surface area (Å²) in [4.78, 5) is 5.02. The number of benzene rings is 2. The second-order valence-corrected chi connectivity index (χ2v) is 11.3. The molecule has 3 heterocycles. The van der Waals surface area contributed by atoms with Gasteiger partial charge in [0.25, 0.3) is 0 Å². The molecule has 2 aromatic carbocycles. The molecule has 5 rings (SSSR count). The Balaban J connectivity index is 1.38. The van der Waals surface area contributed by atoms with E-state index in [2.05, 4.69) is 15.4 Å². The molecule has 7 nitrogen and oxygen atoms in total. The van der Waals surface area contributed by atoms with Gasteiger partial charge in [-0.2, -0.15) is 13.9 Å². The average Bonchev–Trinajstić information content (AvgIpc) is 3.23. The molecule has 178 valence electrons. The molecule has 1 aliphatic rings. The van der Waals surface area contributed by atoms with Crippen LogP contribution < -0.4 is 10.8 Å². The molecule has 2 radical (unpaired) electrons. The first-order valence-electron chi connectivity index (χ1n) is 11.5. The second kappa shape index (κ2) is 9.64. The van der Waals surface area contributed by atoms with Crippen molar-refractivity contribution in [2.75, 3.05) is 25.0 Å². The van der Waals surface area contributed by atoms with E-state index in [1.165, 1.54) is 0 Å². The van der Waals surface area contributed by atoms with Crippen LogP contribution in [0, 0.1) is 12.8 Å². The summed E-state index contributed by atoms with van der Waals surface area (Å²) in [5, 5.41) is 8.43. The fraction of sp³-hybridized carbons (Fsp3) is 0.280. The van der Waals surface area contributed by atoms with Crippen molar-refractivity contribution in [3.63, 3.8) is 0 Å². The van der Waals surface area contributed by atoms with Gasteiger partial charge in [0.05, 0.1) is 10.6 Å². The molecule has 0 saturated carbocycles. The van der Waals surface area contributed by atoms with E-state index in [1.54, 1.807) is 33.2 Å². The van der Waals surface area contributed by atoms with Crippen molar-refractivity contribution >= 4 is 46.4 Å². The van der Waals surface area contributed by atoms with E-state index < -0.39 is 10.0 Å². The first-order valence-corrected chi connectivity index (χ1v) is 13.3. The van der Waals surface area contributed by atoms with Crippen molar-refractivity contribution in [2.45, 2.75) is 24.7 Å². The van der Waals surface area contributed by atoms with Crippen LogP contribution in [0.4, 0.5) is 5.82 Å². The predicted molar refractivity (Wildman–Crippen MR) is 140 cm³/mol. The molecule has 1 aliphatic heterocycles. The summed E-state index contributed by atoms with van der Waals surface area (Å²) < 4.78 is 29.7. The zero-order valence-electron chi connectivity index (χ0n) is 19.4. The standard InChI is InChI=1S/C25H25BClN5O2S/c1-17-6-4-8-19(12-17)35(33,34)31-11-5-7-18(16-31)14-28-24-13-23(20-9-2-3-10-22(20)27)30-25-21(26)15-29-32(24)25/h2-4,6,8-10,12-13,15,18,28H,5,7,11,14,16H2,1H3.